The van der Waals surface area contributed by atoms with Gasteiger partial charge in [0, 0.05) is 0 Å². The van der Waals surface area contributed by atoms with Crippen molar-refractivity contribution >= 4 is 23.7 Å². The number of aliphatic hydroxyl groups is 2. The van der Waals surface area contributed by atoms with Gasteiger partial charge in [-0.25, -0.2) is 4.79 Å². The fraction of sp³-hybridized carbons (Fsp3) is 0.733. The number of nitrogens with two attached hydrogens (primary N) is 1. The highest BCUT2D eigenvalue weighted by Crippen LogP contribution is 2.05. The molecule has 0 aromatic heterocycles. The van der Waals surface area contributed by atoms with E-state index in [1.165, 1.54) is 6.92 Å². The number of hydrogen-bond donors (Lipinski definition) is 7. The van der Waals surface area contributed by atoms with Crippen LogP contribution in [0.2, 0.25) is 0 Å². The van der Waals surface area contributed by atoms with Gasteiger partial charge in [-0.15, -0.1) is 0 Å². The van der Waals surface area contributed by atoms with E-state index in [0.29, 0.717) is 0 Å². The van der Waals surface area contributed by atoms with Gasteiger partial charge in [-0.3, -0.25) is 14.4 Å². The largest absolute Gasteiger partial charge is 0.480 e. The summed E-state index contributed by atoms with van der Waals surface area (Å²) in [7, 11) is 0. The van der Waals surface area contributed by atoms with Crippen LogP contribution in [0.15, 0.2) is 0 Å². The summed E-state index contributed by atoms with van der Waals surface area (Å²) < 4.78 is 0. The monoisotopic (exact) mass is 376 g/mol. The molecule has 150 valence electrons. The number of nitrogens with one attached hydrogen (secondary N) is 3. The number of carboxylic acids is 1. The Morgan fingerprint density at radius 2 is 1.58 bits per heavy atom. The van der Waals surface area contributed by atoms with Crippen molar-refractivity contribution in [3.05, 3.63) is 0 Å². The number of aliphatic carboxylic acids is 1. The molecule has 0 aromatic carbocycles. The van der Waals surface area contributed by atoms with Crippen molar-refractivity contribution in [3.8, 4) is 0 Å². The maximum atomic E-state index is 12.2. The number of carbonyl (C=O) groups excluding carboxylic acids is 3. The van der Waals surface area contributed by atoms with Gasteiger partial charge in [0.1, 0.15) is 18.1 Å². The van der Waals surface area contributed by atoms with E-state index >= 15 is 0 Å². The molecular weight excluding hydrogens is 348 g/mol. The molecular formula is C15H28N4O7. The van der Waals surface area contributed by atoms with Crippen LogP contribution in [-0.2, 0) is 19.2 Å². The number of amides is 3. The summed E-state index contributed by atoms with van der Waals surface area (Å²) in [5.41, 5.74) is 5.42. The van der Waals surface area contributed by atoms with Crippen LogP contribution in [0.5, 0.6) is 0 Å². The molecule has 0 saturated heterocycles. The second-order valence-electron chi connectivity index (χ2n) is 6.32. The van der Waals surface area contributed by atoms with Gasteiger partial charge in [0.15, 0.2) is 0 Å². The molecule has 8 N–H and O–H groups in total. The topological polar surface area (TPSA) is 191 Å². The first-order valence-corrected chi connectivity index (χ1v) is 8.14. The molecule has 0 radical (unpaired) electrons. The molecule has 0 spiro atoms. The van der Waals surface area contributed by atoms with Crippen molar-refractivity contribution < 1.29 is 34.5 Å². The Balaban J connectivity index is 4.79. The summed E-state index contributed by atoms with van der Waals surface area (Å²) >= 11 is 0. The van der Waals surface area contributed by atoms with Crippen molar-refractivity contribution in [2.75, 3.05) is 13.2 Å². The zero-order chi connectivity index (χ0) is 20.4. The molecule has 0 bridgehead atoms. The van der Waals surface area contributed by atoms with Crippen LogP contribution in [0.25, 0.3) is 0 Å². The zero-order valence-corrected chi connectivity index (χ0v) is 15.1. The minimum Gasteiger partial charge on any atom is -0.480 e. The van der Waals surface area contributed by atoms with Gasteiger partial charge in [0.25, 0.3) is 0 Å². The average molecular weight is 376 g/mol. The van der Waals surface area contributed by atoms with Gasteiger partial charge in [-0.05, 0) is 19.3 Å². The summed E-state index contributed by atoms with van der Waals surface area (Å²) in [6, 6.07) is -3.73. The van der Waals surface area contributed by atoms with Crippen LogP contribution in [-0.4, -0.2) is 76.4 Å². The van der Waals surface area contributed by atoms with Gasteiger partial charge in [-0.2, -0.15) is 0 Å². The van der Waals surface area contributed by atoms with Crippen molar-refractivity contribution in [2.24, 2.45) is 11.7 Å². The summed E-state index contributed by atoms with van der Waals surface area (Å²) in [4.78, 5) is 46.6. The fourth-order valence-electron chi connectivity index (χ4n) is 1.91. The second-order valence-corrected chi connectivity index (χ2v) is 6.32. The Morgan fingerprint density at radius 3 is 2.00 bits per heavy atom. The standard InChI is InChI=1S/C15H28N4O7/c1-7(2)4-9(13(23)19-10(6-20)15(25)26)18-11(22)5-17-14(24)12(16)8(3)21/h7-10,12,20-21H,4-6,16H2,1-3H3,(H,17,24)(H,18,22)(H,19,23)(H,25,26). The molecule has 3 amide bonds. The molecule has 0 aliphatic carbocycles. The first-order valence-electron chi connectivity index (χ1n) is 8.14. The van der Waals surface area contributed by atoms with Crippen LogP contribution in [0.4, 0.5) is 0 Å². The highest BCUT2D eigenvalue weighted by Gasteiger charge is 2.27. The van der Waals surface area contributed by atoms with Gasteiger partial charge in [0.2, 0.25) is 17.7 Å². The van der Waals surface area contributed by atoms with E-state index in [2.05, 4.69) is 16.0 Å². The van der Waals surface area contributed by atoms with Crippen molar-refractivity contribution in [1.82, 2.24) is 16.0 Å². The predicted molar refractivity (Wildman–Crippen MR) is 90.7 cm³/mol. The summed E-state index contributed by atoms with van der Waals surface area (Å²) in [6.45, 7) is 3.67. The zero-order valence-electron chi connectivity index (χ0n) is 15.1. The van der Waals surface area contributed by atoms with Crippen molar-refractivity contribution in [3.63, 3.8) is 0 Å². The molecule has 0 fully saturated rings. The fourth-order valence-corrected chi connectivity index (χ4v) is 1.91. The highest BCUT2D eigenvalue weighted by molar-refractivity contribution is 5.92. The summed E-state index contributed by atoms with van der Waals surface area (Å²) in [5, 5.41) is 33.8. The molecule has 0 aliphatic rings. The van der Waals surface area contributed by atoms with E-state index in [4.69, 9.17) is 15.9 Å². The first-order chi connectivity index (χ1) is 12.0. The molecule has 11 nitrogen and oxygen atoms in total. The lowest BCUT2D eigenvalue weighted by Gasteiger charge is -2.22. The van der Waals surface area contributed by atoms with Crippen LogP contribution in [0, 0.1) is 5.92 Å². The maximum absolute atomic E-state index is 12.2. The van der Waals surface area contributed by atoms with Crippen molar-refractivity contribution in [2.45, 2.75) is 51.4 Å². The molecule has 0 heterocycles. The molecule has 0 saturated carbocycles. The maximum Gasteiger partial charge on any atom is 0.328 e. The Bertz CT molecular complexity index is 510. The quantitative estimate of drug-likeness (QED) is 0.197. The molecule has 26 heavy (non-hydrogen) atoms. The number of carbonyl (C=O) groups is 4. The summed E-state index contributed by atoms with van der Waals surface area (Å²) in [5.74, 6) is -3.59. The van der Waals surface area contributed by atoms with E-state index in [1.54, 1.807) is 13.8 Å². The first kappa shape index (κ1) is 23.8. The molecule has 0 aromatic rings. The van der Waals surface area contributed by atoms with Gasteiger partial charge >= 0.3 is 5.97 Å². The second kappa shape index (κ2) is 11.4. The number of rotatable bonds is 11. The number of hydrogen-bond acceptors (Lipinski definition) is 7. The van der Waals surface area contributed by atoms with Crippen LogP contribution < -0.4 is 21.7 Å². The third kappa shape index (κ3) is 8.74. The number of carboxylic acid groups (broad SMARTS) is 1. The van der Waals surface area contributed by atoms with Crippen LogP contribution >= 0.6 is 0 Å². The van der Waals surface area contributed by atoms with Gasteiger partial charge in [0.05, 0.1) is 19.3 Å². The normalized spacial score (nSPS) is 15.5. The molecule has 11 heteroatoms. The predicted octanol–water partition coefficient (Wildman–Crippen LogP) is -3.10. The Morgan fingerprint density at radius 1 is 1.00 bits per heavy atom. The lowest BCUT2D eigenvalue weighted by atomic mass is 10.0. The molecule has 4 atom stereocenters. The Labute approximate surface area is 151 Å². The van der Waals surface area contributed by atoms with Gasteiger partial charge in [-0.1, -0.05) is 13.8 Å². The molecule has 0 rings (SSSR count). The smallest absolute Gasteiger partial charge is 0.328 e. The van der Waals surface area contributed by atoms with Crippen LogP contribution in [0.1, 0.15) is 27.2 Å². The lowest BCUT2D eigenvalue weighted by Crippen LogP contribution is -2.55. The van der Waals surface area contributed by atoms with E-state index in [-0.39, 0.29) is 12.3 Å². The SMILES string of the molecule is CC(C)CC(NC(=O)CNC(=O)C(N)C(C)O)C(=O)NC(CO)C(=O)O. The Hall–Kier alpha value is -2.24. The Kier molecular flexibility index (Phi) is 10.4. The van der Waals surface area contributed by atoms with E-state index in [9.17, 15) is 24.3 Å². The highest BCUT2D eigenvalue weighted by atomic mass is 16.4. The average Bonchev–Trinajstić information content (AvgIpc) is 2.54. The third-order valence-electron chi connectivity index (χ3n) is 3.40. The lowest BCUT2D eigenvalue weighted by molar-refractivity contribution is -0.143. The third-order valence-corrected chi connectivity index (χ3v) is 3.40. The van der Waals surface area contributed by atoms with Crippen molar-refractivity contribution in [1.29, 1.82) is 0 Å². The van der Waals surface area contributed by atoms with E-state index in [1.807, 2.05) is 0 Å². The summed E-state index contributed by atoms with van der Waals surface area (Å²) in [6.07, 6.45) is -0.875. The van der Waals surface area contributed by atoms with E-state index in [0.717, 1.165) is 0 Å². The molecule has 0 aliphatic heterocycles. The van der Waals surface area contributed by atoms with Crippen LogP contribution in [0.3, 0.4) is 0 Å². The van der Waals surface area contributed by atoms with E-state index < -0.39 is 61.1 Å². The minimum atomic E-state index is -1.49. The molecule has 4 unspecified atom stereocenters. The minimum absolute atomic E-state index is 0.00158. The number of aliphatic hydroxyl groups excluding tert-OH is 2. The van der Waals surface area contributed by atoms with Gasteiger partial charge < -0.3 is 37.0 Å².